The molecule has 0 fully saturated rings. The number of hydrogen-bond donors (Lipinski definition) is 0. The van der Waals surface area contributed by atoms with Gasteiger partial charge < -0.3 is 9.47 Å². The minimum Gasteiger partial charge on any atom is -0.482 e. The van der Waals surface area contributed by atoms with Crippen molar-refractivity contribution < 1.29 is 24.0 Å². The third kappa shape index (κ3) is 5.00. The number of methoxy groups -OCH3 is 1. The van der Waals surface area contributed by atoms with Crippen LogP contribution in [0.25, 0.3) is 6.08 Å². The second-order valence-corrected chi connectivity index (χ2v) is 4.90. The smallest absolute Gasteiger partial charge is 0.343 e. The summed E-state index contributed by atoms with van der Waals surface area (Å²) in [5.41, 5.74) is 0.664. The van der Waals surface area contributed by atoms with Crippen LogP contribution in [0.1, 0.15) is 15.9 Å². The molecule has 7 heteroatoms. The lowest BCUT2D eigenvalue weighted by Crippen LogP contribution is -2.12. The van der Waals surface area contributed by atoms with Gasteiger partial charge in [0.15, 0.2) is 12.4 Å². The third-order valence-corrected chi connectivity index (χ3v) is 3.27. The van der Waals surface area contributed by atoms with Crippen LogP contribution in [0, 0.1) is 10.1 Å². The van der Waals surface area contributed by atoms with E-state index in [4.69, 9.17) is 4.74 Å². The predicted octanol–water partition coefficient (Wildman–Crippen LogP) is 3.04. The highest BCUT2D eigenvalue weighted by molar-refractivity contribution is 6.07. The molecule has 7 nitrogen and oxygen atoms in total. The SMILES string of the molecule is COC(=O)COc1ccc(C(=O)C=Cc2ccccc2[N+](=O)[O-])cc1. The number of benzene rings is 2. The number of carbonyl (C=O) groups excluding carboxylic acids is 2. The summed E-state index contributed by atoms with van der Waals surface area (Å²) >= 11 is 0. The van der Waals surface area contributed by atoms with Gasteiger partial charge in [0.25, 0.3) is 5.69 Å². The van der Waals surface area contributed by atoms with Gasteiger partial charge in [-0.15, -0.1) is 0 Å². The highest BCUT2D eigenvalue weighted by atomic mass is 16.6. The van der Waals surface area contributed by atoms with E-state index in [0.29, 0.717) is 16.9 Å². The topological polar surface area (TPSA) is 95.7 Å². The van der Waals surface area contributed by atoms with Crippen LogP contribution >= 0.6 is 0 Å². The molecular formula is C18H15NO6. The fourth-order valence-electron chi connectivity index (χ4n) is 1.97. The highest BCUT2D eigenvalue weighted by Crippen LogP contribution is 2.19. The average Bonchev–Trinajstić information content (AvgIpc) is 2.64. The Hall–Kier alpha value is -3.48. The maximum absolute atomic E-state index is 12.2. The molecule has 0 spiro atoms. The van der Waals surface area contributed by atoms with E-state index in [1.54, 1.807) is 42.5 Å². The van der Waals surface area contributed by atoms with Crippen molar-refractivity contribution in [2.75, 3.05) is 13.7 Å². The van der Waals surface area contributed by atoms with Crippen molar-refractivity contribution in [2.45, 2.75) is 0 Å². The van der Waals surface area contributed by atoms with E-state index in [9.17, 15) is 19.7 Å². The Morgan fingerprint density at radius 1 is 1.12 bits per heavy atom. The van der Waals surface area contributed by atoms with E-state index in [1.807, 2.05) is 0 Å². The Balaban J connectivity index is 2.06. The zero-order valence-corrected chi connectivity index (χ0v) is 13.4. The molecule has 2 aromatic rings. The fourth-order valence-corrected chi connectivity index (χ4v) is 1.97. The molecule has 0 saturated carbocycles. The predicted molar refractivity (Wildman–Crippen MR) is 90.4 cm³/mol. The van der Waals surface area contributed by atoms with Crippen molar-refractivity contribution >= 4 is 23.5 Å². The summed E-state index contributed by atoms with van der Waals surface area (Å²) in [7, 11) is 1.26. The molecule has 0 saturated heterocycles. The van der Waals surface area contributed by atoms with Gasteiger partial charge in [0, 0.05) is 11.6 Å². The molecule has 128 valence electrons. The van der Waals surface area contributed by atoms with E-state index in [1.165, 1.54) is 25.3 Å². The zero-order valence-electron chi connectivity index (χ0n) is 13.4. The zero-order chi connectivity index (χ0) is 18.2. The lowest BCUT2D eigenvalue weighted by molar-refractivity contribution is -0.385. The van der Waals surface area contributed by atoms with Gasteiger partial charge >= 0.3 is 5.97 Å². The largest absolute Gasteiger partial charge is 0.482 e. The molecule has 0 N–H and O–H groups in total. The Morgan fingerprint density at radius 3 is 2.44 bits per heavy atom. The van der Waals surface area contributed by atoms with Gasteiger partial charge in [0.2, 0.25) is 0 Å². The van der Waals surface area contributed by atoms with E-state index in [2.05, 4.69) is 4.74 Å². The van der Waals surface area contributed by atoms with Crippen LogP contribution < -0.4 is 4.74 Å². The normalized spacial score (nSPS) is 10.4. The summed E-state index contributed by atoms with van der Waals surface area (Å²) in [6.07, 6.45) is 2.68. The van der Waals surface area contributed by atoms with Crippen LogP contribution in [0.5, 0.6) is 5.75 Å². The molecule has 0 atom stereocenters. The Bertz CT molecular complexity index is 811. The van der Waals surface area contributed by atoms with E-state index in [0.717, 1.165) is 0 Å². The fraction of sp³-hybridized carbons (Fsp3) is 0.111. The molecule has 0 aliphatic carbocycles. The summed E-state index contributed by atoms with van der Waals surface area (Å²) in [4.78, 5) is 33.6. The molecule has 0 unspecified atom stereocenters. The van der Waals surface area contributed by atoms with Crippen molar-refractivity contribution in [2.24, 2.45) is 0 Å². The van der Waals surface area contributed by atoms with Crippen molar-refractivity contribution in [3.8, 4) is 5.75 Å². The molecule has 2 rings (SSSR count). The summed E-state index contributed by atoms with van der Waals surface area (Å²) in [5, 5.41) is 10.9. The van der Waals surface area contributed by atoms with E-state index >= 15 is 0 Å². The minimum atomic E-state index is -0.507. The number of esters is 1. The number of rotatable bonds is 7. The van der Waals surface area contributed by atoms with Crippen LogP contribution in [0.2, 0.25) is 0 Å². The summed E-state index contributed by atoms with van der Waals surface area (Å²) in [6, 6.07) is 12.3. The number of nitrogens with zero attached hydrogens (tertiary/aromatic N) is 1. The first-order chi connectivity index (χ1) is 12.0. The first-order valence-corrected chi connectivity index (χ1v) is 7.27. The number of para-hydroxylation sites is 1. The summed E-state index contributed by atoms with van der Waals surface area (Å²) < 4.78 is 9.65. The molecule has 0 radical (unpaired) electrons. The summed E-state index contributed by atoms with van der Waals surface area (Å²) in [5.74, 6) is -0.394. The average molecular weight is 341 g/mol. The molecule has 25 heavy (non-hydrogen) atoms. The lowest BCUT2D eigenvalue weighted by Gasteiger charge is -2.05. The van der Waals surface area contributed by atoms with Gasteiger partial charge in [-0.1, -0.05) is 12.1 Å². The summed E-state index contributed by atoms with van der Waals surface area (Å²) in [6.45, 7) is -0.221. The molecule has 0 amide bonds. The van der Waals surface area contributed by atoms with Gasteiger partial charge in [0.05, 0.1) is 17.6 Å². The van der Waals surface area contributed by atoms with Gasteiger partial charge in [-0.2, -0.15) is 0 Å². The van der Waals surface area contributed by atoms with Gasteiger partial charge in [0.1, 0.15) is 5.75 Å². The van der Waals surface area contributed by atoms with Crippen molar-refractivity contribution in [1.29, 1.82) is 0 Å². The van der Waals surface area contributed by atoms with Crippen molar-refractivity contribution in [3.05, 3.63) is 75.8 Å². The van der Waals surface area contributed by atoms with E-state index in [-0.39, 0.29) is 18.1 Å². The molecule has 0 aliphatic rings. The molecule has 0 aliphatic heterocycles. The first kappa shape index (κ1) is 17.9. The molecule has 0 aromatic heterocycles. The maximum atomic E-state index is 12.2. The van der Waals surface area contributed by atoms with Gasteiger partial charge in [-0.05, 0) is 42.5 Å². The Morgan fingerprint density at radius 2 is 1.80 bits per heavy atom. The molecular weight excluding hydrogens is 326 g/mol. The van der Waals surface area contributed by atoms with Crippen molar-refractivity contribution in [3.63, 3.8) is 0 Å². The van der Waals surface area contributed by atoms with Crippen LogP contribution in [-0.4, -0.2) is 30.4 Å². The Labute approximate surface area is 143 Å². The number of nitro groups is 1. The number of ketones is 1. The molecule has 0 bridgehead atoms. The molecule has 2 aromatic carbocycles. The Kier molecular flexibility index (Phi) is 6.00. The van der Waals surface area contributed by atoms with E-state index < -0.39 is 10.9 Å². The number of hydrogen-bond acceptors (Lipinski definition) is 6. The maximum Gasteiger partial charge on any atom is 0.343 e. The second-order valence-electron chi connectivity index (χ2n) is 4.90. The van der Waals surface area contributed by atoms with Gasteiger partial charge in [-0.25, -0.2) is 4.79 Å². The second kappa shape index (κ2) is 8.39. The number of carbonyl (C=O) groups is 2. The molecule has 0 heterocycles. The van der Waals surface area contributed by atoms with Crippen LogP contribution in [0.4, 0.5) is 5.69 Å². The lowest BCUT2D eigenvalue weighted by atomic mass is 10.1. The van der Waals surface area contributed by atoms with Crippen LogP contribution in [0.15, 0.2) is 54.6 Å². The number of ether oxygens (including phenoxy) is 2. The highest BCUT2D eigenvalue weighted by Gasteiger charge is 2.10. The van der Waals surface area contributed by atoms with Crippen molar-refractivity contribution in [1.82, 2.24) is 0 Å². The van der Waals surface area contributed by atoms with Gasteiger partial charge in [-0.3, -0.25) is 14.9 Å². The third-order valence-electron chi connectivity index (χ3n) is 3.27. The van der Waals surface area contributed by atoms with Crippen LogP contribution in [-0.2, 0) is 9.53 Å². The quantitative estimate of drug-likeness (QED) is 0.252. The first-order valence-electron chi connectivity index (χ1n) is 7.27. The minimum absolute atomic E-state index is 0.0712. The standard InChI is InChI=1S/C18H15NO6/c1-24-18(21)12-25-15-9-6-14(7-10-15)17(20)11-8-13-4-2-3-5-16(13)19(22)23/h2-11H,12H2,1H3. The number of nitro benzene ring substituents is 1. The number of allylic oxidation sites excluding steroid dienone is 1. The monoisotopic (exact) mass is 341 g/mol. The van der Waals surface area contributed by atoms with Crippen LogP contribution in [0.3, 0.4) is 0 Å².